The van der Waals surface area contributed by atoms with Crippen molar-refractivity contribution in [2.24, 2.45) is 0 Å². The number of carbonyl (C=O) groups is 4. The van der Waals surface area contributed by atoms with Crippen LogP contribution in [0.2, 0.25) is 10.0 Å². The molecule has 4 amide bonds. The fourth-order valence-electron chi connectivity index (χ4n) is 9.28. The van der Waals surface area contributed by atoms with E-state index in [-0.39, 0.29) is 86.0 Å². The van der Waals surface area contributed by atoms with Gasteiger partial charge < -0.3 is 38.6 Å². The summed E-state index contributed by atoms with van der Waals surface area (Å²) in [5, 5.41) is 7.57. The highest BCUT2D eigenvalue weighted by molar-refractivity contribution is 9.10. The van der Waals surface area contributed by atoms with Gasteiger partial charge in [0.05, 0.1) is 49.8 Å². The zero-order valence-electron chi connectivity index (χ0n) is 47.0. The summed E-state index contributed by atoms with van der Waals surface area (Å²) < 4.78 is 53.3. The second-order valence-electron chi connectivity index (χ2n) is 22.2. The first-order valence-corrected chi connectivity index (χ1v) is 28.0. The van der Waals surface area contributed by atoms with E-state index in [1.807, 2.05) is 27.7 Å². The molecular formula is C58H58BBrCl2F2N10O10. The van der Waals surface area contributed by atoms with E-state index < -0.39 is 53.2 Å². The van der Waals surface area contributed by atoms with E-state index in [2.05, 4.69) is 46.5 Å². The van der Waals surface area contributed by atoms with Crippen molar-refractivity contribution in [3.8, 4) is 11.3 Å². The molecular weight excluding hydrogens is 1200 g/mol. The van der Waals surface area contributed by atoms with Crippen LogP contribution >= 0.6 is 39.1 Å². The van der Waals surface area contributed by atoms with Crippen molar-refractivity contribution in [3.05, 3.63) is 167 Å². The molecule has 0 unspecified atom stereocenters. The number of halogens is 5. The molecule has 2 aromatic carbocycles. The van der Waals surface area contributed by atoms with Crippen LogP contribution in [-0.4, -0.2) is 118 Å². The first-order valence-electron chi connectivity index (χ1n) is 26.5. The summed E-state index contributed by atoms with van der Waals surface area (Å²) in [5.41, 5.74) is -1.80. The Morgan fingerprint density at radius 2 is 1.04 bits per heavy atom. The third kappa shape index (κ3) is 14.0. The number of fused-ring (bicyclic) bond motifs is 2. The molecule has 2 N–H and O–H groups in total. The van der Waals surface area contributed by atoms with Crippen LogP contribution in [-0.2, 0) is 45.1 Å². The molecule has 3 saturated heterocycles. The smallest absolute Gasteiger partial charge is 0.450 e. The Bertz CT molecular complexity index is 3930. The van der Waals surface area contributed by atoms with Crippen molar-refractivity contribution in [1.29, 1.82) is 0 Å². The van der Waals surface area contributed by atoms with Gasteiger partial charge in [-0.3, -0.25) is 37.9 Å². The fourth-order valence-corrected chi connectivity index (χ4v) is 9.88. The maximum atomic E-state index is 14.0. The second kappa shape index (κ2) is 24.2. The summed E-state index contributed by atoms with van der Waals surface area (Å²) in [6.45, 7) is 13.9. The number of aryl methyl sites for hydroxylation is 2. The van der Waals surface area contributed by atoms with Gasteiger partial charge in [0.2, 0.25) is 11.8 Å². The van der Waals surface area contributed by atoms with Crippen molar-refractivity contribution < 1.29 is 46.1 Å². The van der Waals surface area contributed by atoms with Crippen molar-refractivity contribution >= 4 is 97.6 Å². The molecule has 438 valence electrons. The van der Waals surface area contributed by atoms with Crippen LogP contribution in [0.25, 0.3) is 33.4 Å². The first kappa shape index (κ1) is 60.9. The largest absolute Gasteiger partial charge is 0.534 e. The predicted octanol–water partition coefficient (Wildman–Crippen LogP) is 8.11. The lowest BCUT2D eigenvalue weighted by Crippen LogP contribution is -2.60. The van der Waals surface area contributed by atoms with Crippen molar-refractivity contribution in [3.63, 3.8) is 0 Å². The van der Waals surface area contributed by atoms with E-state index in [0.29, 0.717) is 54.1 Å². The van der Waals surface area contributed by atoms with Gasteiger partial charge in [-0.15, -0.1) is 0 Å². The topological polar surface area (TPSA) is 239 Å². The quantitative estimate of drug-likeness (QED) is 0.110. The Labute approximate surface area is 499 Å². The van der Waals surface area contributed by atoms with Gasteiger partial charge in [-0.2, -0.15) is 0 Å². The van der Waals surface area contributed by atoms with Gasteiger partial charge in [0.25, 0.3) is 22.9 Å². The summed E-state index contributed by atoms with van der Waals surface area (Å²) >= 11 is 15.1. The van der Waals surface area contributed by atoms with Crippen LogP contribution in [0.15, 0.2) is 120 Å². The van der Waals surface area contributed by atoms with E-state index in [1.54, 1.807) is 86.9 Å². The number of nitrogens with zero attached hydrogens (tertiary/aromatic N) is 8. The van der Waals surface area contributed by atoms with E-state index in [0.717, 1.165) is 20.3 Å². The molecule has 0 atom stereocenters. The van der Waals surface area contributed by atoms with Gasteiger partial charge in [0.1, 0.15) is 46.8 Å². The minimum Gasteiger partial charge on any atom is -0.450 e. The molecule has 9 heterocycles. The molecule has 20 nitrogen and oxygen atoms in total. The van der Waals surface area contributed by atoms with Gasteiger partial charge in [0.15, 0.2) is 23.2 Å². The van der Waals surface area contributed by atoms with Gasteiger partial charge in [-0.25, -0.2) is 28.7 Å². The molecule has 3 fully saturated rings. The van der Waals surface area contributed by atoms with Gasteiger partial charge in [-0.05, 0) is 117 Å². The average molecular weight is 1250 g/mol. The maximum Gasteiger partial charge on any atom is 0.534 e. The van der Waals surface area contributed by atoms with E-state index in [1.165, 1.54) is 48.2 Å². The lowest BCUT2D eigenvalue weighted by Gasteiger charge is -2.42. The Morgan fingerprint density at radius 3 is 1.45 bits per heavy atom. The number of likely N-dealkylation sites (tertiary alicyclic amines) is 2. The summed E-state index contributed by atoms with van der Waals surface area (Å²) in [4.78, 5) is 97.4. The second-order valence-corrected chi connectivity index (χ2v) is 23.9. The van der Waals surface area contributed by atoms with Gasteiger partial charge >= 0.3 is 7.12 Å². The molecule has 0 bridgehead atoms. The van der Waals surface area contributed by atoms with E-state index >= 15 is 0 Å². The molecule has 84 heavy (non-hydrogen) atoms. The predicted molar refractivity (Wildman–Crippen MR) is 314 cm³/mol. The third-order valence-corrected chi connectivity index (χ3v) is 15.4. The number of pyridine rings is 4. The van der Waals surface area contributed by atoms with Gasteiger partial charge in [0, 0.05) is 70.2 Å². The molecule has 0 spiro atoms. The number of oxazole rings is 2. The van der Waals surface area contributed by atoms with Crippen LogP contribution in [0.5, 0.6) is 0 Å². The van der Waals surface area contributed by atoms with Crippen molar-refractivity contribution in [2.45, 2.75) is 104 Å². The molecule has 6 aromatic heterocycles. The minimum atomic E-state index is -1.45. The van der Waals surface area contributed by atoms with Crippen LogP contribution in [0.1, 0.15) is 85.2 Å². The number of hydrogen-bond donors (Lipinski definition) is 2. The average Bonchev–Trinajstić information content (AvgIpc) is 1.80. The molecule has 8 aromatic rings. The Balaban J connectivity index is 0.000000164. The molecule has 3 aliphatic rings. The molecule has 26 heteroatoms. The number of carbonyl (C=O) groups excluding carboxylic acids is 4. The highest BCUT2D eigenvalue weighted by Gasteiger charge is 2.53. The molecule has 11 rings (SSSR count). The number of nitrogens with one attached hydrogen (secondary N) is 2. The number of amides is 4. The zero-order valence-corrected chi connectivity index (χ0v) is 50.1. The lowest BCUT2D eigenvalue weighted by atomic mass is 9.87. The SMILES string of the molecule is CC1(F)CN(C(=O)Cn2c(=O)c(C(=O)NCc3ccc(Cl)cc3)cc3cc(Br)cnc32)C1.Cc1ncc(-c2cnc3c(c2)cc(C(=O)NCc2ccc(Cl)cc2)c(=O)n3CC(=O)N2CC(C)(F)C2)o1.Cc1ncc(B2OC(C)(C)C(C)(C)O2)o1. The van der Waals surface area contributed by atoms with E-state index in [9.17, 15) is 37.5 Å². The Hall–Kier alpha value is -7.64. The normalized spacial score (nSPS) is 16.2. The highest BCUT2D eigenvalue weighted by Crippen LogP contribution is 2.36. The van der Waals surface area contributed by atoms with Crippen LogP contribution in [0.4, 0.5) is 8.78 Å². The summed E-state index contributed by atoms with van der Waals surface area (Å²) in [6, 6.07) is 20.2. The maximum absolute atomic E-state index is 14.0. The monoisotopic (exact) mass is 1250 g/mol. The van der Waals surface area contributed by atoms with Crippen LogP contribution in [0.3, 0.4) is 0 Å². The standard InChI is InChI=1S/C26H23ClFN5O4.C22H19BrClFN4O3.C10H16BNO3/c1-15-29-11-21(37-15)18-7-17-8-20(24(35)31-9-16-3-5-19(27)6-4-16)25(36)33(23(17)30-10-18)12-22(34)32-13-26(2,28)14-32;1-22(25)11-28(12-22)18(30)10-29-19-14(6-15(23)9-26-19)7-17(21(29)32)20(31)27-8-13-2-4-16(24)5-3-13;1-7-12-6-8(13-7)11-14-9(2,3)10(4,5)15-11/h3-8,10-11H,9,12-14H2,1-2H3,(H,31,35);2-7,9H,8,10-12H2,1H3,(H,27,31);6H,1-5H3. The lowest BCUT2D eigenvalue weighted by molar-refractivity contribution is -0.145. The molecule has 0 aliphatic carbocycles. The number of rotatable bonds is 12. The van der Waals surface area contributed by atoms with Crippen LogP contribution in [0, 0.1) is 13.8 Å². The minimum absolute atomic E-state index is 0.0290. The van der Waals surface area contributed by atoms with Gasteiger partial charge in [-0.1, -0.05) is 47.5 Å². The first-order chi connectivity index (χ1) is 39.5. The molecule has 0 saturated carbocycles. The number of benzene rings is 2. The fraction of sp³-hybridized carbons (Fsp3) is 0.345. The summed E-state index contributed by atoms with van der Waals surface area (Å²) in [5.74, 6) is -0.460. The Kier molecular flexibility index (Phi) is 17.5. The number of alkyl halides is 2. The zero-order chi connectivity index (χ0) is 60.6. The number of hydrogen-bond acceptors (Lipinski definition) is 14. The summed E-state index contributed by atoms with van der Waals surface area (Å²) in [6.07, 6.45) is 6.21. The van der Waals surface area contributed by atoms with E-state index in [4.69, 9.17) is 41.3 Å². The summed E-state index contributed by atoms with van der Waals surface area (Å²) in [7, 11) is -0.448. The molecule has 0 radical (unpaired) electrons. The van der Waals surface area contributed by atoms with Crippen molar-refractivity contribution in [1.82, 2.24) is 49.5 Å². The number of aromatic nitrogens is 6. The highest BCUT2D eigenvalue weighted by atomic mass is 79.9. The van der Waals surface area contributed by atoms with Crippen molar-refractivity contribution in [2.75, 3.05) is 26.2 Å². The van der Waals surface area contributed by atoms with Crippen LogP contribution < -0.4 is 27.4 Å². The third-order valence-electron chi connectivity index (χ3n) is 14.4. The Morgan fingerprint density at radius 1 is 0.607 bits per heavy atom. The molecule has 3 aliphatic heterocycles.